The van der Waals surface area contributed by atoms with Gasteiger partial charge in [0.25, 0.3) is 0 Å². The summed E-state index contributed by atoms with van der Waals surface area (Å²) in [4.78, 5) is 13.1. The van der Waals surface area contributed by atoms with Crippen LogP contribution in [0, 0.1) is 11.3 Å². The highest BCUT2D eigenvalue weighted by Crippen LogP contribution is 2.31. The molecule has 0 bridgehead atoms. The predicted octanol–water partition coefficient (Wildman–Crippen LogP) is 3.46. The van der Waals surface area contributed by atoms with Gasteiger partial charge in [-0.2, -0.15) is 0 Å². The normalized spacial score (nSPS) is 25.8. The Hall–Kier alpha value is -3.13. The van der Waals surface area contributed by atoms with Crippen LogP contribution >= 0.6 is 0 Å². The number of aliphatic hydroxyl groups is 1. The molecule has 8 nitrogen and oxygen atoms in total. The number of ether oxygens (including phenoxy) is 1. The summed E-state index contributed by atoms with van der Waals surface area (Å²) in [6.45, 7) is 6.32. The minimum atomic E-state index is -0.604. The molecule has 1 amide bonds. The summed E-state index contributed by atoms with van der Waals surface area (Å²) in [7, 11) is 0. The van der Waals surface area contributed by atoms with Crippen LogP contribution in [-0.4, -0.2) is 40.2 Å². The first-order valence-electron chi connectivity index (χ1n) is 12.5. The van der Waals surface area contributed by atoms with Crippen molar-refractivity contribution in [3.05, 3.63) is 65.0 Å². The summed E-state index contributed by atoms with van der Waals surface area (Å²) in [5.41, 5.74) is 1.53. The molecule has 0 aliphatic heterocycles. The average molecular weight is 482 g/mol. The van der Waals surface area contributed by atoms with Crippen LogP contribution in [0.1, 0.15) is 81.4 Å². The van der Waals surface area contributed by atoms with Crippen LogP contribution in [0.5, 0.6) is 0 Å². The standard InChI is InChI=1S/C27H36N4O4/c1-17(2)23-5-4-6-24(31(23)34)26(32)30-22-13-19(15-29-20-9-11-27(3,33)12-10-20)21(28)14-25(22)35-16-18-7-8-18/h4-6,13-15,17-18,20,28,32-34H,7-12,16H2,1-3H3/p+1/t20-,27-. The Morgan fingerprint density at radius 3 is 2.63 bits per heavy atom. The molecule has 8 heteroatoms. The molecule has 1 aromatic rings. The molecular weight excluding hydrogens is 444 g/mol. The van der Waals surface area contributed by atoms with Gasteiger partial charge in [-0.15, -0.1) is 0 Å². The molecule has 0 aromatic carbocycles. The van der Waals surface area contributed by atoms with E-state index >= 15 is 0 Å². The molecular formula is C27H37N4O4+. The van der Waals surface area contributed by atoms with Crippen LogP contribution in [0.4, 0.5) is 0 Å². The smallest absolute Gasteiger partial charge is 0.325 e. The maximum absolute atomic E-state index is 13.1. The Morgan fingerprint density at radius 1 is 1.26 bits per heavy atom. The van der Waals surface area contributed by atoms with Gasteiger partial charge >= 0.3 is 11.6 Å². The lowest BCUT2D eigenvalue weighted by molar-refractivity contribution is -0.911. The molecule has 35 heavy (non-hydrogen) atoms. The van der Waals surface area contributed by atoms with Crippen molar-refractivity contribution in [2.24, 2.45) is 5.92 Å². The first-order chi connectivity index (χ1) is 16.6. The average Bonchev–Trinajstić information content (AvgIpc) is 3.63. The van der Waals surface area contributed by atoms with E-state index in [4.69, 9.17) is 10.1 Å². The van der Waals surface area contributed by atoms with Gasteiger partial charge in [0.15, 0.2) is 0 Å². The van der Waals surface area contributed by atoms with Crippen LogP contribution in [0.15, 0.2) is 53.6 Å². The highest BCUT2D eigenvalue weighted by atomic mass is 16.5. The second kappa shape index (κ2) is 10.2. The quantitative estimate of drug-likeness (QED) is 0.288. The zero-order valence-corrected chi connectivity index (χ0v) is 20.8. The van der Waals surface area contributed by atoms with Gasteiger partial charge in [0, 0.05) is 46.7 Å². The fourth-order valence-corrected chi connectivity index (χ4v) is 4.35. The van der Waals surface area contributed by atoms with Gasteiger partial charge in [0.1, 0.15) is 5.76 Å². The number of allylic oxidation sites excluding steroid dienone is 3. The van der Waals surface area contributed by atoms with E-state index in [0.29, 0.717) is 41.0 Å². The summed E-state index contributed by atoms with van der Waals surface area (Å²) in [6.07, 6.45) is 10.6. The van der Waals surface area contributed by atoms with E-state index in [9.17, 15) is 15.1 Å². The number of hydrogen-bond acceptors (Lipinski definition) is 6. The Balaban J connectivity index is 1.53. The van der Waals surface area contributed by atoms with Crippen molar-refractivity contribution in [2.75, 3.05) is 6.61 Å². The SMILES string of the molecule is CC(C)c1cccc(C(=O)NC2=C/C(=C/N[C@H]3CC[C@](C)(O)CC3)C(=N)C=C2OCC2CC2)[n+]1O. The molecule has 5 N–H and O–H groups in total. The minimum absolute atomic E-state index is 0.0450. The highest BCUT2D eigenvalue weighted by molar-refractivity contribution is 6.10. The molecule has 0 saturated heterocycles. The van der Waals surface area contributed by atoms with E-state index in [1.54, 1.807) is 36.6 Å². The fourth-order valence-electron chi connectivity index (χ4n) is 4.35. The monoisotopic (exact) mass is 481 g/mol. The lowest BCUT2D eigenvalue weighted by Gasteiger charge is -2.33. The van der Waals surface area contributed by atoms with Crippen molar-refractivity contribution < 1.29 is 24.6 Å². The Labute approximate surface area is 206 Å². The lowest BCUT2D eigenvalue weighted by Crippen LogP contribution is -2.45. The summed E-state index contributed by atoms with van der Waals surface area (Å²) in [6, 6.07) is 5.32. The van der Waals surface area contributed by atoms with Crippen molar-refractivity contribution in [2.45, 2.75) is 76.9 Å². The third-order valence-electron chi connectivity index (χ3n) is 6.93. The maximum Gasteiger partial charge on any atom is 0.325 e. The van der Waals surface area contributed by atoms with Crippen LogP contribution in [-0.2, 0) is 4.74 Å². The van der Waals surface area contributed by atoms with Crippen LogP contribution < -0.4 is 15.4 Å². The Kier molecular flexibility index (Phi) is 7.31. The number of nitrogens with one attached hydrogen (secondary N) is 3. The summed E-state index contributed by atoms with van der Waals surface area (Å²) >= 11 is 0. The van der Waals surface area contributed by atoms with Gasteiger partial charge in [-0.25, -0.2) is 0 Å². The molecule has 3 aliphatic rings. The molecule has 4 rings (SSSR count). The Morgan fingerprint density at radius 2 is 1.97 bits per heavy atom. The number of pyridine rings is 1. The minimum Gasteiger partial charge on any atom is -0.491 e. The predicted molar refractivity (Wildman–Crippen MR) is 132 cm³/mol. The largest absolute Gasteiger partial charge is 0.491 e. The van der Waals surface area contributed by atoms with Crippen molar-refractivity contribution in [1.82, 2.24) is 10.6 Å². The molecule has 0 spiro atoms. The second-order valence-electron chi connectivity index (χ2n) is 10.5. The molecule has 2 saturated carbocycles. The number of carbonyl (C=O) groups is 1. The van der Waals surface area contributed by atoms with Crippen molar-refractivity contribution >= 4 is 11.6 Å². The fraction of sp³-hybridized carbons (Fsp3) is 0.519. The van der Waals surface area contributed by atoms with Gasteiger partial charge in [-0.3, -0.25) is 10.0 Å². The third-order valence-corrected chi connectivity index (χ3v) is 6.93. The zero-order chi connectivity index (χ0) is 25.2. The number of nitrogens with zero attached hydrogens (tertiary/aromatic N) is 1. The second-order valence-corrected chi connectivity index (χ2v) is 10.5. The van der Waals surface area contributed by atoms with E-state index in [0.717, 1.165) is 43.3 Å². The van der Waals surface area contributed by atoms with Gasteiger partial charge < -0.3 is 25.9 Å². The van der Waals surface area contributed by atoms with E-state index in [1.165, 1.54) is 0 Å². The van der Waals surface area contributed by atoms with Gasteiger partial charge in [-0.1, -0.05) is 13.8 Å². The summed E-state index contributed by atoms with van der Waals surface area (Å²) < 4.78 is 6.90. The van der Waals surface area contributed by atoms with Crippen molar-refractivity contribution in [3.63, 3.8) is 0 Å². The van der Waals surface area contributed by atoms with E-state index in [-0.39, 0.29) is 17.7 Å². The summed E-state index contributed by atoms with van der Waals surface area (Å²) in [5, 5.41) is 35.5. The van der Waals surface area contributed by atoms with Gasteiger partial charge in [0.2, 0.25) is 5.69 Å². The number of amides is 1. The molecule has 2 fully saturated rings. The number of rotatable bonds is 8. The molecule has 188 valence electrons. The van der Waals surface area contributed by atoms with E-state index < -0.39 is 11.5 Å². The molecule has 0 atom stereocenters. The zero-order valence-electron chi connectivity index (χ0n) is 20.8. The maximum atomic E-state index is 13.1. The van der Waals surface area contributed by atoms with E-state index in [1.807, 2.05) is 20.8 Å². The molecule has 1 heterocycles. The van der Waals surface area contributed by atoms with E-state index in [2.05, 4.69) is 10.6 Å². The van der Waals surface area contributed by atoms with Gasteiger partial charge in [0.05, 0.1) is 23.6 Å². The molecule has 1 aromatic heterocycles. The molecule has 0 unspecified atom stereocenters. The van der Waals surface area contributed by atoms with Crippen LogP contribution in [0.25, 0.3) is 0 Å². The topological polar surface area (TPSA) is 119 Å². The summed E-state index contributed by atoms with van der Waals surface area (Å²) in [5.74, 6) is 0.554. The number of hydrogen-bond donors (Lipinski definition) is 5. The van der Waals surface area contributed by atoms with Gasteiger partial charge in [-0.05, 0) is 63.5 Å². The van der Waals surface area contributed by atoms with Crippen molar-refractivity contribution in [3.8, 4) is 0 Å². The number of aromatic nitrogens is 1. The van der Waals surface area contributed by atoms with Crippen LogP contribution in [0.2, 0.25) is 0 Å². The highest BCUT2D eigenvalue weighted by Gasteiger charge is 2.30. The first-order valence-corrected chi connectivity index (χ1v) is 12.5. The number of carbonyl (C=O) groups excluding carboxylic acids is 1. The molecule has 0 radical (unpaired) electrons. The third kappa shape index (κ3) is 6.31. The lowest BCUT2D eigenvalue weighted by atomic mass is 9.84. The first kappa shape index (κ1) is 25.0. The van der Waals surface area contributed by atoms with Crippen molar-refractivity contribution in [1.29, 1.82) is 5.41 Å². The van der Waals surface area contributed by atoms with Crippen LogP contribution in [0.3, 0.4) is 0 Å². The Bertz CT molecular complexity index is 1070. The molecule has 3 aliphatic carbocycles.